The first-order valence-corrected chi connectivity index (χ1v) is 12.3. The van der Waals surface area contributed by atoms with Crippen molar-refractivity contribution in [2.45, 2.75) is 117 Å². The van der Waals surface area contributed by atoms with Gasteiger partial charge in [-0.3, -0.25) is 0 Å². The molecule has 1 heteroatoms. The molecule has 0 saturated heterocycles. The van der Waals surface area contributed by atoms with E-state index >= 15 is 0 Å². The van der Waals surface area contributed by atoms with Crippen LogP contribution in [0.2, 0.25) is 0 Å². The van der Waals surface area contributed by atoms with Crippen molar-refractivity contribution in [1.29, 1.82) is 0 Å². The Labute approximate surface area is 166 Å². The SMILES string of the molecule is CCCCCCc1cc[c]([AlH2])c(CCCCCC)c1CCCCCC. The zero-order valence-corrected chi connectivity index (χ0v) is 19.8. The van der Waals surface area contributed by atoms with Crippen molar-refractivity contribution < 1.29 is 0 Å². The van der Waals surface area contributed by atoms with Crippen LogP contribution in [-0.2, 0) is 19.3 Å². The van der Waals surface area contributed by atoms with E-state index in [2.05, 4.69) is 32.9 Å². The third-order valence-corrected chi connectivity index (χ3v) is 6.56. The van der Waals surface area contributed by atoms with Crippen LogP contribution in [0.15, 0.2) is 12.1 Å². The van der Waals surface area contributed by atoms with E-state index in [-0.39, 0.29) is 0 Å². The molecule has 142 valence electrons. The average Bonchev–Trinajstić information content (AvgIpc) is 2.62. The van der Waals surface area contributed by atoms with Crippen LogP contribution in [0.25, 0.3) is 0 Å². The molecule has 0 aliphatic heterocycles. The van der Waals surface area contributed by atoms with E-state index in [4.69, 9.17) is 0 Å². The van der Waals surface area contributed by atoms with Crippen molar-refractivity contribution in [2.24, 2.45) is 0 Å². The Balaban J connectivity index is 2.80. The van der Waals surface area contributed by atoms with E-state index in [1.165, 1.54) is 113 Å². The summed E-state index contributed by atoms with van der Waals surface area (Å²) in [5.74, 6) is 0. The summed E-state index contributed by atoms with van der Waals surface area (Å²) in [7, 11) is 0. The lowest BCUT2D eigenvalue weighted by molar-refractivity contribution is 0.640. The fourth-order valence-electron chi connectivity index (χ4n) is 3.95. The van der Waals surface area contributed by atoms with Crippen LogP contribution in [0.5, 0.6) is 0 Å². The van der Waals surface area contributed by atoms with Crippen molar-refractivity contribution in [3.8, 4) is 0 Å². The lowest BCUT2D eigenvalue weighted by Crippen LogP contribution is -2.16. The molecule has 0 atom stereocenters. The molecule has 0 aliphatic rings. The van der Waals surface area contributed by atoms with E-state index in [1.54, 1.807) is 21.1 Å². The molecular weight excluding hydrogens is 315 g/mol. The minimum Gasteiger partial charge on any atom is -0.117 e. The van der Waals surface area contributed by atoms with Gasteiger partial charge in [-0.1, -0.05) is 96.3 Å². The average molecular weight is 359 g/mol. The molecule has 0 saturated carbocycles. The van der Waals surface area contributed by atoms with Gasteiger partial charge < -0.3 is 0 Å². The zero-order chi connectivity index (χ0) is 18.3. The van der Waals surface area contributed by atoms with Gasteiger partial charge in [0.25, 0.3) is 16.3 Å². The Hall–Kier alpha value is -0.248. The van der Waals surface area contributed by atoms with Crippen molar-refractivity contribution in [2.75, 3.05) is 0 Å². The second-order valence-corrected chi connectivity index (χ2v) is 9.01. The Morgan fingerprint density at radius 3 is 1.56 bits per heavy atom. The van der Waals surface area contributed by atoms with Gasteiger partial charge in [-0.25, -0.2) is 0 Å². The third kappa shape index (κ3) is 9.31. The molecule has 0 radical (unpaired) electrons. The van der Waals surface area contributed by atoms with E-state index in [9.17, 15) is 0 Å². The lowest BCUT2D eigenvalue weighted by atomic mass is 9.90. The highest BCUT2D eigenvalue weighted by atomic mass is 27.0. The third-order valence-electron chi connectivity index (χ3n) is 5.62. The van der Waals surface area contributed by atoms with Crippen molar-refractivity contribution in [1.82, 2.24) is 0 Å². The molecule has 0 aliphatic carbocycles. The minimum absolute atomic E-state index is 1.21. The topological polar surface area (TPSA) is 0 Å². The summed E-state index contributed by atoms with van der Waals surface area (Å²) < 4.78 is 1.68. The smallest absolute Gasteiger partial charge is 0.117 e. The fourth-order valence-corrected chi connectivity index (χ4v) is 4.67. The molecule has 0 spiro atoms. The van der Waals surface area contributed by atoms with Crippen LogP contribution in [-0.4, -0.2) is 16.3 Å². The van der Waals surface area contributed by atoms with Crippen LogP contribution in [0.3, 0.4) is 0 Å². The monoisotopic (exact) mass is 358 g/mol. The fraction of sp³-hybridized carbons (Fsp3) is 0.750. The van der Waals surface area contributed by atoms with E-state index in [1.807, 2.05) is 0 Å². The van der Waals surface area contributed by atoms with E-state index in [0.717, 1.165) is 0 Å². The molecule has 0 aromatic heterocycles. The van der Waals surface area contributed by atoms with Crippen molar-refractivity contribution >= 4 is 20.7 Å². The highest BCUT2D eigenvalue weighted by Crippen LogP contribution is 2.21. The molecule has 0 unspecified atom stereocenters. The molecule has 0 N–H and O–H groups in total. The second-order valence-electron chi connectivity index (χ2n) is 7.93. The zero-order valence-electron chi connectivity index (χ0n) is 17.8. The van der Waals surface area contributed by atoms with Gasteiger partial charge in [0, 0.05) is 0 Å². The molecular formula is C24H43Al. The van der Waals surface area contributed by atoms with Crippen LogP contribution in [0.4, 0.5) is 0 Å². The first-order valence-electron chi connectivity index (χ1n) is 11.3. The summed E-state index contributed by atoms with van der Waals surface area (Å²) in [5.41, 5.74) is 5.24. The molecule has 1 aromatic rings. The standard InChI is InChI=1S/C24H41.Al.2H/c1-4-7-10-13-17-22-19-16-20-23(18-14-11-8-5-2)24(22)21-15-12-9-6-3;;;/h16,19H,4-15,17-18,21H2,1-3H3;;;. The van der Waals surface area contributed by atoms with Gasteiger partial charge >= 0.3 is 0 Å². The van der Waals surface area contributed by atoms with Gasteiger partial charge in [0.1, 0.15) is 0 Å². The second kappa shape index (κ2) is 14.9. The van der Waals surface area contributed by atoms with Gasteiger partial charge in [-0.15, -0.1) is 4.43 Å². The Kier molecular flexibility index (Phi) is 13.6. The number of unbranched alkanes of at least 4 members (excludes halogenated alkanes) is 9. The Morgan fingerprint density at radius 2 is 1.04 bits per heavy atom. The molecule has 25 heavy (non-hydrogen) atoms. The summed E-state index contributed by atoms with van der Waals surface area (Å²) in [6.07, 6.45) is 20.6. The van der Waals surface area contributed by atoms with Gasteiger partial charge in [-0.05, 0) is 49.7 Å². The molecule has 0 fully saturated rings. The van der Waals surface area contributed by atoms with Gasteiger partial charge in [0.15, 0.2) is 0 Å². The number of benzene rings is 1. The van der Waals surface area contributed by atoms with Crippen LogP contribution in [0.1, 0.15) is 115 Å². The molecule has 0 nitrogen and oxygen atoms in total. The number of aryl methyl sites for hydroxylation is 1. The summed E-state index contributed by atoms with van der Waals surface area (Å²) >= 11 is 1.21. The van der Waals surface area contributed by atoms with E-state index < -0.39 is 0 Å². The maximum absolute atomic E-state index is 2.49. The first kappa shape index (κ1) is 22.8. The predicted octanol–water partition coefficient (Wildman–Crippen LogP) is 6.31. The van der Waals surface area contributed by atoms with Crippen molar-refractivity contribution in [3.63, 3.8) is 0 Å². The normalized spacial score (nSPS) is 11.2. The minimum atomic E-state index is 1.21. The number of hydrogen-bond donors (Lipinski definition) is 0. The summed E-state index contributed by atoms with van der Waals surface area (Å²) in [6.45, 7) is 6.94. The maximum Gasteiger partial charge on any atom is 0.259 e. The van der Waals surface area contributed by atoms with E-state index in [0.29, 0.717) is 0 Å². The van der Waals surface area contributed by atoms with Crippen LogP contribution < -0.4 is 4.43 Å². The maximum atomic E-state index is 2.49. The quantitative estimate of drug-likeness (QED) is 0.254. The predicted molar refractivity (Wildman–Crippen MR) is 118 cm³/mol. The van der Waals surface area contributed by atoms with Crippen molar-refractivity contribution in [3.05, 3.63) is 28.8 Å². The largest absolute Gasteiger partial charge is 0.259 e. The molecule has 0 heterocycles. The molecule has 0 bridgehead atoms. The molecule has 0 amide bonds. The van der Waals surface area contributed by atoms with Gasteiger partial charge in [0.2, 0.25) is 0 Å². The highest BCUT2D eigenvalue weighted by Gasteiger charge is 2.11. The van der Waals surface area contributed by atoms with Gasteiger partial charge in [-0.2, -0.15) is 0 Å². The summed E-state index contributed by atoms with van der Waals surface area (Å²) in [5, 5.41) is 0. The van der Waals surface area contributed by atoms with Crippen LogP contribution in [0, 0.1) is 0 Å². The molecule has 1 aromatic carbocycles. The summed E-state index contributed by atoms with van der Waals surface area (Å²) in [6, 6.07) is 4.95. The number of hydrogen-bond acceptors (Lipinski definition) is 0. The Morgan fingerprint density at radius 1 is 0.560 bits per heavy atom. The summed E-state index contributed by atoms with van der Waals surface area (Å²) in [4.78, 5) is 0. The first-order chi connectivity index (χ1) is 12.2. The van der Waals surface area contributed by atoms with Crippen LogP contribution >= 0.6 is 0 Å². The highest BCUT2D eigenvalue weighted by molar-refractivity contribution is 6.33. The molecule has 1 rings (SSSR count). The van der Waals surface area contributed by atoms with Gasteiger partial charge in [0.05, 0.1) is 0 Å². The Bertz CT molecular complexity index is 450. The lowest BCUT2D eigenvalue weighted by Gasteiger charge is -2.18. The number of rotatable bonds is 15.